The van der Waals surface area contributed by atoms with Gasteiger partial charge >= 0.3 is 0 Å². The molecule has 2 rings (SSSR count). The Morgan fingerprint density at radius 1 is 1.53 bits per heavy atom. The quantitative estimate of drug-likeness (QED) is 0.835. The molecule has 1 heterocycles. The lowest BCUT2D eigenvalue weighted by Gasteiger charge is -2.15. The van der Waals surface area contributed by atoms with Gasteiger partial charge < -0.3 is 10.3 Å². The van der Waals surface area contributed by atoms with Crippen LogP contribution in [0.3, 0.4) is 0 Å². The summed E-state index contributed by atoms with van der Waals surface area (Å²) in [5.41, 5.74) is 1.58. The summed E-state index contributed by atoms with van der Waals surface area (Å²) in [4.78, 5) is 19.0. The number of hydrogen-bond acceptors (Lipinski definition) is 3. The molecule has 0 saturated heterocycles. The summed E-state index contributed by atoms with van der Waals surface area (Å²) in [7, 11) is 0. The largest absolute Gasteiger partial charge is 0.310 e. The Balaban J connectivity index is 2.08. The Labute approximate surface area is 102 Å². The van der Waals surface area contributed by atoms with E-state index < -0.39 is 0 Å². The third-order valence-corrected chi connectivity index (χ3v) is 3.66. The smallest absolute Gasteiger partial charge is 0.255 e. The van der Waals surface area contributed by atoms with Gasteiger partial charge in [-0.2, -0.15) is 0 Å². The molecular weight excluding hydrogens is 214 g/mol. The molecule has 4 heteroatoms. The Kier molecular flexibility index (Phi) is 3.33. The molecule has 1 aromatic rings. The van der Waals surface area contributed by atoms with Gasteiger partial charge in [0.15, 0.2) is 0 Å². The highest BCUT2D eigenvalue weighted by Crippen LogP contribution is 2.37. The second-order valence-electron chi connectivity index (χ2n) is 5.25. The van der Waals surface area contributed by atoms with Crippen molar-refractivity contribution in [1.82, 2.24) is 15.3 Å². The summed E-state index contributed by atoms with van der Waals surface area (Å²) in [6.45, 7) is 9.00. The van der Waals surface area contributed by atoms with Gasteiger partial charge in [-0.15, -0.1) is 0 Å². The molecule has 0 amide bonds. The van der Waals surface area contributed by atoms with Crippen molar-refractivity contribution in [3.05, 3.63) is 27.4 Å². The van der Waals surface area contributed by atoms with E-state index in [0.717, 1.165) is 29.6 Å². The fourth-order valence-corrected chi connectivity index (χ4v) is 2.36. The van der Waals surface area contributed by atoms with Crippen LogP contribution in [0.15, 0.2) is 4.79 Å². The number of nitrogens with one attached hydrogen (secondary N) is 2. The van der Waals surface area contributed by atoms with Crippen LogP contribution in [-0.2, 0) is 0 Å². The summed E-state index contributed by atoms with van der Waals surface area (Å²) < 4.78 is 0. The lowest BCUT2D eigenvalue weighted by molar-refractivity contribution is 0.527. The van der Waals surface area contributed by atoms with E-state index in [0.29, 0.717) is 5.82 Å². The number of aromatic nitrogens is 2. The molecule has 1 aliphatic carbocycles. The van der Waals surface area contributed by atoms with E-state index in [1.165, 1.54) is 6.42 Å². The first-order chi connectivity index (χ1) is 7.99. The average Bonchev–Trinajstić information content (AvgIpc) is 2.90. The second kappa shape index (κ2) is 4.61. The standard InChI is InChI=1S/C13H21N3O/c1-7-5-11(7)6-14-8(2)12-9(3)15-10(4)16-13(12)17/h7-8,11,14H,5-6H2,1-4H3,(H,15,16,17). The van der Waals surface area contributed by atoms with E-state index in [-0.39, 0.29) is 11.6 Å². The van der Waals surface area contributed by atoms with E-state index in [1.54, 1.807) is 0 Å². The van der Waals surface area contributed by atoms with Crippen LogP contribution in [0.5, 0.6) is 0 Å². The summed E-state index contributed by atoms with van der Waals surface area (Å²) in [5, 5.41) is 3.43. The summed E-state index contributed by atoms with van der Waals surface area (Å²) in [6, 6.07) is 0.0691. The number of aryl methyl sites for hydroxylation is 2. The van der Waals surface area contributed by atoms with Crippen LogP contribution in [0.2, 0.25) is 0 Å². The lowest BCUT2D eigenvalue weighted by atomic mass is 10.1. The zero-order valence-electron chi connectivity index (χ0n) is 11.0. The second-order valence-corrected chi connectivity index (χ2v) is 5.25. The van der Waals surface area contributed by atoms with Crippen LogP contribution < -0.4 is 10.9 Å². The molecule has 3 unspecified atom stereocenters. The zero-order valence-corrected chi connectivity index (χ0v) is 11.0. The van der Waals surface area contributed by atoms with Crippen molar-refractivity contribution in [2.24, 2.45) is 11.8 Å². The Morgan fingerprint density at radius 2 is 2.18 bits per heavy atom. The van der Waals surface area contributed by atoms with Gasteiger partial charge in [-0.3, -0.25) is 4.79 Å². The van der Waals surface area contributed by atoms with Gasteiger partial charge in [-0.05, 0) is 45.6 Å². The number of H-pyrrole nitrogens is 1. The molecule has 4 nitrogen and oxygen atoms in total. The first-order valence-electron chi connectivity index (χ1n) is 6.30. The van der Waals surface area contributed by atoms with E-state index >= 15 is 0 Å². The van der Waals surface area contributed by atoms with Crippen molar-refractivity contribution >= 4 is 0 Å². The topological polar surface area (TPSA) is 57.8 Å². The molecule has 1 saturated carbocycles. The molecular formula is C13H21N3O. The maximum absolute atomic E-state index is 11.9. The molecule has 0 spiro atoms. The number of aromatic amines is 1. The summed E-state index contributed by atoms with van der Waals surface area (Å²) >= 11 is 0. The van der Waals surface area contributed by atoms with Crippen LogP contribution in [0.25, 0.3) is 0 Å². The molecule has 0 radical (unpaired) electrons. The van der Waals surface area contributed by atoms with Gasteiger partial charge in [0.25, 0.3) is 5.56 Å². The maximum Gasteiger partial charge on any atom is 0.255 e. The first-order valence-corrected chi connectivity index (χ1v) is 6.30. The monoisotopic (exact) mass is 235 g/mol. The van der Waals surface area contributed by atoms with E-state index in [1.807, 2.05) is 20.8 Å². The van der Waals surface area contributed by atoms with Gasteiger partial charge in [-0.25, -0.2) is 4.98 Å². The van der Waals surface area contributed by atoms with Crippen molar-refractivity contribution in [1.29, 1.82) is 0 Å². The highest BCUT2D eigenvalue weighted by Gasteiger charge is 2.32. The Hall–Kier alpha value is -1.16. The van der Waals surface area contributed by atoms with Crippen LogP contribution >= 0.6 is 0 Å². The van der Waals surface area contributed by atoms with Gasteiger partial charge in [-0.1, -0.05) is 6.92 Å². The number of hydrogen-bond donors (Lipinski definition) is 2. The molecule has 2 N–H and O–H groups in total. The molecule has 1 aliphatic rings. The first kappa shape index (κ1) is 12.3. The molecule has 0 aliphatic heterocycles. The molecule has 17 heavy (non-hydrogen) atoms. The highest BCUT2D eigenvalue weighted by molar-refractivity contribution is 5.20. The molecule has 94 valence electrons. The van der Waals surface area contributed by atoms with Gasteiger partial charge in [0.05, 0.1) is 5.56 Å². The normalized spacial score (nSPS) is 24.7. The average molecular weight is 235 g/mol. The van der Waals surface area contributed by atoms with Crippen LogP contribution in [0.4, 0.5) is 0 Å². The van der Waals surface area contributed by atoms with Crippen molar-refractivity contribution < 1.29 is 0 Å². The zero-order chi connectivity index (χ0) is 12.6. The molecule has 1 aromatic heterocycles. The minimum atomic E-state index is -0.0150. The SMILES string of the molecule is Cc1nc(C)c(C(C)NCC2CC2C)c(=O)[nH]1. The van der Waals surface area contributed by atoms with Crippen LogP contribution in [0, 0.1) is 25.7 Å². The molecule has 3 atom stereocenters. The van der Waals surface area contributed by atoms with E-state index in [2.05, 4.69) is 22.2 Å². The van der Waals surface area contributed by atoms with Gasteiger partial charge in [0.2, 0.25) is 0 Å². The predicted molar refractivity (Wildman–Crippen MR) is 68.0 cm³/mol. The Morgan fingerprint density at radius 3 is 2.71 bits per heavy atom. The van der Waals surface area contributed by atoms with Gasteiger partial charge in [0.1, 0.15) is 5.82 Å². The van der Waals surface area contributed by atoms with Gasteiger partial charge in [0, 0.05) is 11.7 Å². The Bertz CT molecular complexity index is 466. The maximum atomic E-state index is 11.9. The van der Waals surface area contributed by atoms with Crippen LogP contribution in [-0.4, -0.2) is 16.5 Å². The number of nitrogens with zero attached hydrogens (tertiary/aromatic N) is 1. The fourth-order valence-electron chi connectivity index (χ4n) is 2.36. The third-order valence-electron chi connectivity index (χ3n) is 3.66. The summed E-state index contributed by atoms with van der Waals surface area (Å²) in [6.07, 6.45) is 1.31. The molecule has 1 fully saturated rings. The highest BCUT2D eigenvalue weighted by atomic mass is 16.1. The van der Waals surface area contributed by atoms with Crippen LogP contribution in [0.1, 0.15) is 43.4 Å². The fraction of sp³-hybridized carbons (Fsp3) is 0.692. The molecule has 0 bridgehead atoms. The van der Waals surface area contributed by atoms with Crippen molar-refractivity contribution in [2.45, 2.75) is 40.2 Å². The lowest BCUT2D eigenvalue weighted by Crippen LogP contribution is -2.29. The minimum Gasteiger partial charge on any atom is -0.310 e. The van der Waals surface area contributed by atoms with Crippen molar-refractivity contribution in [3.63, 3.8) is 0 Å². The predicted octanol–water partition coefficient (Wildman–Crippen LogP) is 1.69. The third kappa shape index (κ3) is 2.75. The van der Waals surface area contributed by atoms with Crippen molar-refractivity contribution in [3.8, 4) is 0 Å². The van der Waals surface area contributed by atoms with Crippen molar-refractivity contribution in [2.75, 3.05) is 6.54 Å². The van der Waals surface area contributed by atoms with E-state index in [4.69, 9.17) is 0 Å². The molecule has 0 aromatic carbocycles. The minimum absolute atomic E-state index is 0.0150. The number of rotatable bonds is 4. The summed E-state index contributed by atoms with van der Waals surface area (Å²) in [5.74, 6) is 2.31. The van der Waals surface area contributed by atoms with E-state index in [9.17, 15) is 4.79 Å².